The third-order valence-electron chi connectivity index (χ3n) is 10.7. The van der Waals surface area contributed by atoms with Crippen LogP contribution in [0.25, 0.3) is 99.2 Å². The number of nitrogens with zero attached hydrogens (tertiary/aromatic N) is 3. The first-order valence-electron chi connectivity index (χ1n) is 17.8. The molecule has 246 valence electrons. The fourth-order valence-corrected chi connectivity index (χ4v) is 8.39. The molecule has 0 spiro atoms. The quantitative estimate of drug-likeness (QED) is 0.186. The Bertz CT molecular complexity index is 3250. The first-order chi connectivity index (χ1) is 26.2. The van der Waals surface area contributed by atoms with E-state index in [-0.39, 0.29) is 0 Å². The first-order valence-corrected chi connectivity index (χ1v) is 17.8. The number of para-hydroxylation sites is 4. The van der Waals surface area contributed by atoms with Gasteiger partial charge in [0.05, 0.1) is 39.1 Å². The van der Waals surface area contributed by atoms with Gasteiger partial charge in [-0.25, -0.2) is 0 Å². The number of rotatable bonds is 4. The summed E-state index contributed by atoms with van der Waals surface area (Å²) in [6, 6.07) is 64.2. The predicted octanol–water partition coefficient (Wildman–Crippen LogP) is 13.0. The Morgan fingerprint density at radius 1 is 0.396 bits per heavy atom. The molecule has 0 aliphatic rings. The Labute approximate surface area is 304 Å². The van der Waals surface area contributed by atoms with Crippen molar-refractivity contribution in [3.63, 3.8) is 0 Å². The summed E-state index contributed by atoms with van der Waals surface area (Å²) in [5.74, 6) is 0. The molecule has 11 aromatic rings. The van der Waals surface area contributed by atoms with Crippen molar-refractivity contribution in [2.45, 2.75) is 0 Å². The van der Waals surface area contributed by atoms with Gasteiger partial charge in [0.1, 0.15) is 11.2 Å². The van der Waals surface area contributed by atoms with Crippen molar-refractivity contribution >= 4 is 65.6 Å². The molecule has 8 aromatic carbocycles. The molecule has 0 aliphatic carbocycles. The Balaban J connectivity index is 1.26. The van der Waals surface area contributed by atoms with Gasteiger partial charge in [-0.15, -0.1) is 0 Å². The van der Waals surface area contributed by atoms with Gasteiger partial charge in [-0.3, -0.25) is 0 Å². The summed E-state index contributed by atoms with van der Waals surface area (Å²) in [6.07, 6.45) is 0. The maximum atomic E-state index is 10.2. The lowest BCUT2D eigenvalue weighted by Crippen LogP contribution is -2.00. The van der Waals surface area contributed by atoms with E-state index in [0.717, 1.165) is 88.4 Å². The lowest BCUT2D eigenvalue weighted by Gasteiger charge is -2.16. The van der Waals surface area contributed by atoms with Gasteiger partial charge in [0.15, 0.2) is 0 Å². The molecule has 0 fully saturated rings. The van der Waals surface area contributed by atoms with Crippen molar-refractivity contribution in [1.29, 1.82) is 5.26 Å². The van der Waals surface area contributed by atoms with Crippen molar-refractivity contribution in [2.75, 3.05) is 0 Å². The van der Waals surface area contributed by atoms with E-state index in [0.29, 0.717) is 5.56 Å². The van der Waals surface area contributed by atoms with E-state index in [1.54, 1.807) is 0 Å². The van der Waals surface area contributed by atoms with Crippen LogP contribution in [0.5, 0.6) is 0 Å². The van der Waals surface area contributed by atoms with E-state index in [4.69, 9.17) is 4.42 Å². The highest BCUT2D eigenvalue weighted by Gasteiger charge is 2.21. The topological polar surface area (TPSA) is 46.8 Å². The Morgan fingerprint density at radius 2 is 0.925 bits per heavy atom. The van der Waals surface area contributed by atoms with E-state index in [9.17, 15) is 5.26 Å². The highest BCUT2D eigenvalue weighted by molar-refractivity contribution is 6.24. The van der Waals surface area contributed by atoms with Crippen LogP contribution in [-0.4, -0.2) is 9.13 Å². The second kappa shape index (κ2) is 11.3. The molecule has 0 bridgehead atoms. The zero-order valence-electron chi connectivity index (χ0n) is 28.5. The van der Waals surface area contributed by atoms with Crippen molar-refractivity contribution < 1.29 is 4.42 Å². The van der Waals surface area contributed by atoms with Crippen LogP contribution in [0.15, 0.2) is 180 Å². The van der Waals surface area contributed by atoms with Crippen LogP contribution in [0.2, 0.25) is 0 Å². The molecule has 0 saturated heterocycles. The van der Waals surface area contributed by atoms with E-state index in [1.807, 2.05) is 42.5 Å². The summed E-state index contributed by atoms with van der Waals surface area (Å²) in [5, 5.41) is 17.1. The van der Waals surface area contributed by atoms with Gasteiger partial charge < -0.3 is 13.6 Å². The zero-order valence-corrected chi connectivity index (χ0v) is 28.5. The Kier molecular flexibility index (Phi) is 6.28. The van der Waals surface area contributed by atoms with Gasteiger partial charge in [0.25, 0.3) is 0 Å². The number of nitriles is 1. The number of fused-ring (bicyclic) bond motifs is 10. The maximum Gasteiger partial charge on any atom is 0.145 e. The molecule has 0 aliphatic heterocycles. The van der Waals surface area contributed by atoms with Crippen molar-refractivity contribution in [3.05, 3.63) is 181 Å². The second-order valence-electron chi connectivity index (χ2n) is 13.7. The van der Waals surface area contributed by atoms with Crippen LogP contribution in [0.4, 0.5) is 0 Å². The molecule has 0 N–H and O–H groups in total. The van der Waals surface area contributed by atoms with Crippen LogP contribution in [0.3, 0.4) is 0 Å². The molecule has 0 amide bonds. The molecule has 3 heterocycles. The molecule has 11 rings (SSSR count). The van der Waals surface area contributed by atoms with Crippen LogP contribution < -0.4 is 0 Å². The van der Waals surface area contributed by atoms with Gasteiger partial charge in [-0.1, -0.05) is 103 Å². The number of furan rings is 1. The van der Waals surface area contributed by atoms with Gasteiger partial charge in [-0.05, 0) is 95.1 Å². The van der Waals surface area contributed by atoms with E-state index in [1.165, 1.54) is 10.8 Å². The summed E-state index contributed by atoms with van der Waals surface area (Å²) in [5.41, 5.74) is 13.0. The van der Waals surface area contributed by atoms with Crippen molar-refractivity contribution in [1.82, 2.24) is 9.13 Å². The summed E-state index contributed by atoms with van der Waals surface area (Å²) < 4.78 is 11.4. The molecular weight excluding hydrogens is 647 g/mol. The number of hydrogen-bond acceptors (Lipinski definition) is 2. The van der Waals surface area contributed by atoms with Crippen molar-refractivity contribution in [3.8, 4) is 39.7 Å². The van der Waals surface area contributed by atoms with Crippen molar-refractivity contribution in [2.24, 2.45) is 0 Å². The first kappa shape index (κ1) is 29.4. The Hall–Kier alpha value is -7.35. The zero-order chi connectivity index (χ0) is 35.0. The minimum atomic E-state index is 0.620. The molecule has 0 unspecified atom stereocenters. The minimum absolute atomic E-state index is 0.620. The highest BCUT2D eigenvalue weighted by atomic mass is 16.3. The fraction of sp³-hybridized carbons (Fsp3) is 0. The lowest BCUT2D eigenvalue weighted by molar-refractivity contribution is 0.673. The van der Waals surface area contributed by atoms with Crippen LogP contribution in [0.1, 0.15) is 5.56 Å². The number of hydrogen-bond donors (Lipinski definition) is 0. The number of benzene rings is 8. The summed E-state index contributed by atoms with van der Waals surface area (Å²) in [4.78, 5) is 0. The SMILES string of the molecule is N#Cc1cc(-c2ccccc2)cc(-c2cc(-n3c4ccccc4c4ccccc43)cc(-n3c4ccccc4c4c5oc6ccccc6c5ccc43)c2)c1. The summed E-state index contributed by atoms with van der Waals surface area (Å²) >= 11 is 0. The van der Waals surface area contributed by atoms with Crippen LogP contribution in [-0.2, 0) is 0 Å². The standard InChI is InChI=1S/C49H29N3O/c50-30-31-24-33(32-12-2-1-3-13-32)26-34(25-31)35-27-36(51-43-18-8-4-14-38(43)39-15-5-9-19-44(39)51)29-37(28-35)52-45-20-10-6-17-42(45)48-46(52)23-22-41-40-16-7-11-21-47(40)53-49(41)48/h1-29H. The predicted molar refractivity (Wildman–Crippen MR) is 218 cm³/mol. The lowest BCUT2D eigenvalue weighted by atomic mass is 9.95. The normalized spacial score (nSPS) is 11.8. The monoisotopic (exact) mass is 675 g/mol. The number of aromatic nitrogens is 2. The molecule has 4 heteroatoms. The molecule has 3 aromatic heterocycles. The smallest absolute Gasteiger partial charge is 0.145 e. The largest absolute Gasteiger partial charge is 0.455 e. The van der Waals surface area contributed by atoms with Gasteiger partial charge in [0, 0.05) is 38.3 Å². The van der Waals surface area contributed by atoms with Crippen LogP contribution >= 0.6 is 0 Å². The minimum Gasteiger partial charge on any atom is -0.455 e. The molecule has 4 nitrogen and oxygen atoms in total. The molecular formula is C49H29N3O. The van der Waals surface area contributed by atoms with E-state index >= 15 is 0 Å². The van der Waals surface area contributed by atoms with E-state index < -0.39 is 0 Å². The van der Waals surface area contributed by atoms with Gasteiger partial charge in [-0.2, -0.15) is 5.26 Å². The van der Waals surface area contributed by atoms with Gasteiger partial charge in [0.2, 0.25) is 0 Å². The van der Waals surface area contributed by atoms with E-state index in [2.05, 4.69) is 149 Å². The average Bonchev–Trinajstić information content (AvgIpc) is 3.88. The molecule has 0 atom stereocenters. The Morgan fingerprint density at radius 3 is 1.60 bits per heavy atom. The average molecular weight is 676 g/mol. The van der Waals surface area contributed by atoms with Gasteiger partial charge >= 0.3 is 0 Å². The highest BCUT2D eigenvalue weighted by Crippen LogP contribution is 2.42. The maximum absolute atomic E-state index is 10.2. The molecule has 0 radical (unpaired) electrons. The fourth-order valence-electron chi connectivity index (χ4n) is 8.39. The summed E-state index contributed by atoms with van der Waals surface area (Å²) in [7, 11) is 0. The molecule has 0 saturated carbocycles. The third kappa shape index (κ3) is 4.41. The molecule has 53 heavy (non-hydrogen) atoms. The summed E-state index contributed by atoms with van der Waals surface area (Å²) in [6.45, 7) is 0. The second-order valence-corrected chi connectivity index (χ2v) is 13.7. The van der Waals surface area contributed by atoms with Crippen LogP contribution in [0, 0.1) is 11.3 Å². The third-order valence-corrected chi connectivity index (χ3v) is 10.7.